The fourth-order valence-corrected chi connectivity index (χ4v) is 3.34. The zero-order valence-corrected chi connectivity index (χ0v) is 14.5. The molecule has 1 unspecified atom stereocenters. The maximum absolute atomic E-state index is 13.1. The molecule has 0 aliphatic carbocycles. The second-order valence-electron chi connectivity index (χ2n) is 5.96. The average Bonchev–Trinajstić information content (AvgIpc) is 2.93. The number of nitrogens with one attached hydrogen (secondary N) is 2. The molecule has 0 saturated carbocycles. The molecule has 0 spiro atoms. The minimum Gasteiger partial charge on any atom is -0.494 e. The van der Waals surface area contributed by atoms with Gasteiger partial charge in [0, 0.05) is 0 Å². The Morgan fingerprint density at radius 3 is 2.54 bits per heavy atom. The van der Waals surface area contributed by atoms with Crippen LogP contribution in [0.3, 0.4) is 0 Å². The first-order valence-electron chi connectivity index (χ1n) is 8.46. The van der Waals surface area contributed by atoms with Crippen LogP contribution in [-0.2, 0) is 4.79 Å². The largest absolute Gasteiger partial charge is 0.494 e. The van der Waals surface area contributed by atoms with Gasteiger partial charge in [0.05, 0.1) is 25.0 Å². The van der Waals surface area contributed by atoms with Crippen LogP contribution in [0.5, 0.6) is 5.75 Å². The highest BCUT2D eigenvalue weighted by Gasteiger charge is 2.54. The molecule has 2 aliphatic rings. The van der Waals surface area contributed by atoms with Gasteiger partial charge < -0.3 is 4.74 Å². The van der Waals surface area contributed by atoms with Gasteiger partial charge in [0.15, 0.2) is 0 Å². The summed E-state index contributed by atoms with van der Waals surface area (Å²) in [5, 5.41) is 3.21. The third-order valence-electron chi connectivity index (χ3n) is 4.49. The van der Waals surface area contributed by atoms with Crippen molar-refractivity contribution in [3.63, 3.8) is 0 Å². The van der Waals surface area contributed by atoms with E-state index in [1.807, 2.05) is 31.2 Å². The molecule has 1 atom stereocenters. The summed E-state index contributed by atoms with van der Waals surface area (Å²) < 4.78 is 5.43. The van der Waals surface area contributed by atoms with Crippen molar-refractivity contribution >= 4 is 34.8 Å². The Bertz CT molecular complexity index is 907. The molecule has 2 N–H and O–H groups in total. The SMILES string of the molecule is CCOc1ccc(N2C(=O)C3C(=[NH+]C)Nc4ccccc4N3C2=O)cc1. The van der Waals surface area contributed by atoms with Crippen LogP contribution >= 0.6 is 0 Å². The minimum absolute atomic E-state index is 0.300. The minimum atomic E-state index is -0.728. The number of para-hydroxylation sites is 2. The normalized spacial score (nSPS) is 20.1. The molecule has 1 saturated heterocycles. The lowest BCUT2D eigenvalue weighted by Gasteiger charge is -2.26. The zero-order chi connectivity index (χ0) is 18.3. The predicted octanol–water partition coefficient (Wildman–Crippen LogP) is 0.962. The standard InChI is InChI=1S/C19H18N4O3/c1-3-26-13-10-8-12(9-11-13)22-18(24)16-17(20-2)21-14-6-4-5-7-15(14)23(16)19(22)25/h4-11,16H,3H2,1-2H3,(H,20,21)/p+1. The number of rotatable bonds is 3. The number of fused-ring (bicyclic) bond motifs is 3. The maximum atomic E-state index is 13.1. The third kappa shape index (κ3) is 2.32. The zero-order valence-electron chi connectivity index (χ0n) is 14.5. The maximum Gasteiger partial charge on any atom is 0.337 e. The van der Waals surface area contributed by atoms with Crippen molar-refractivity contribution in [3.8, 4) is 5.75 Å². The highest BCUT2D eigenvalue weighted by Crippen LogP contribution is 2.37. The summed E-state index contributed by atoms with van der Waals surface area (Å²) in [7, 11) is 1.73. The van der Waals surface area contributed by atoms with E-state index in [4.69, 9.17) is 4.74 Å². The average molecular weight is 351 g/mol. The van der Waals surface area contributed by atoms with Gasteiger partial charge in [0.1, 0.15) is 11.4 Å². The molecule has 26 heavy (non-hydrogen) atoms. The second-order valence-corrected chi connectivity index (χ2v) is 5.96. The molecule has 132 valence electrons. The fraction of sp³-hybridized carbons (Fsp3) is 0.211. The fourth-order valence-electron chi connectivity index (χ4n) is 3.34. The van der Waals surface area contributed by atoms with E-state index in [9.17, 15) is 9.59 Å². The lowest BCUT2D eigenvalue weighted by Crippen LogP contribution is -2.76. The highest BCUT2D eigenvalue weighted by molar-refractivity contribution is 6.37. The summed E-state index contributed by atoms with van der Waals surface area (Å²) in [5.41, 5.74) is 1.98. The van der Waals surface area contributed by atoms with E-state index in [-0.39, 0.29) is 11.9 Å². The Labute approximate surface area is 150 Å². The van der Waals surface area contributed by atoms with Crippen LogP contribution in [0.25, 0.3) is 0 Å². The number of nitrogens with zero attached hydrogens (tertiary/aromatic N) is 2. The summed E-state index contributed by atoms with van der Waals surface area (Å²) in [6, 6.07) is 13.3. The van der Waals surface area contributed by atoms with Gasteiger partial charge in [-0.05, 0) is 43.3 Å². The summed E-state index contributed by atoms with van der Waals surface area (Å²) in [6.45, 7) is 2.46. The van der Waals surface area contributed by atoms with Gasteiger partial charge in [-0.2, -0.15) is 0 Å². The van der Waals surface area contributed by atoms with Crippen molar-refractivity contribution < 1.29 is 19.3 Å². The topological polar surface area (TPSA) is 75.8 Å². The van der Waals surface area contributed by atoms with Crippen molar-refractivity contribution in [1.82, 2.24) is 0 Å². The summed E-state index contributed by atoms with van der Waals surface area (Å²) in [5.74, 6) is 0.976. The second kappa shape index (κ2) is 6.18. The van der Waals surface area contributed by atoms with Crippen molar-refractivity contribution in [2.24, 2.45) is 0 Å². The molecule has 0 aromatic heterocycles. The molecule has 7 heteroatoms. The number of amidine groups is 1. The van der Waals surface area contributed by atoms with E-state index in [0.717, 1.165) is 5.69 Å². The summed E-state index contributed by atoms with van der Waals surface area (Å²) in [4.78, 5) is 31.9. The third-order valence-corrected chi connectivity index (χ3v) is 4.49. The predicted molar refractivity (Wildman–Crippen MR) is 98.7 cm³/mol. The van der Waals surface area contributed by atoms with Crippen molar-refractivity contribution in [2.45, 2.75) is 13.0 Å². The van der Waals surface area contributed by atoms with E-state index in [1.54, 1.807) is 31.3 Å². The Hall–Kier alpha value is -3.35. The molecule has 3 amide bonds. The number of carbonyl (C=O) groups is 2. The Balaban J connectivity index is 1.77. The molecule has 2 aromatic carbocycles. The van der Waals surface area contributed by atoms with Crippen LogP contribution in [-0.4, -0.2) is 37.5 Å². The monoisotopic (exact) mass is 351 g/mol. The molecule has 1 fully saturated rings. The number of benzene rings is 2. The first kappa shape index (κ1) is 16.1. The van der Waals surface area contributed by atoms with Crippen LogP contribution < -0.4 is 24.8 Å². The van der Waals surface area contributed by atoms with Gasteiger partial charge in [-0.25, -0.2) is 15.0 Å². The van der Waals surface area contributed by atoms with E-state index in [0.29, 0.717) is 29.6 Å². The highest BCUT2D eigenvalue weighted by atomic mass is 16.5. The molecule has 2 aromatic rings. The molecule has 7 nitrogen and oxygen atoms in total. The van der Waals surface area contributed by atoms with Crippen molar-refractivity contribution in [3.05, 3.63) is 48.5 Å². The number of hydrogen-bond donors (Lipinski definition) is 2. The number of ether oxygens (including phenoxy) is 1. The summed E-state index contributed by atoms with van der Waals surface area (Å²) >= 11 is 0. The molecule has 2 heterocycles. The van der Waals surface area contributed by atoms with E-state index in [1.165, 1.54) is 9.80 Å². The number of hydrogen-bond acceptors (Lipinski definition) is 3. The van der Waals surface area contributed by atoms with E-state index in [2.05, 4.69) is 10.3 Å². The molecule has 4 rings (SSSR count). The van der Waals surface area contributed by atoms with Crippen LogP contribution in [0.15, 0.2) is 48.5 Å². The number of amides is 3. The van der Waals surface area contributed by atoms with Crippen LogP contribution in [0, 0.1) is 0 Å². The van der Waals surface area contributed by atoms with Gasteiger partial charge in [0.25, 0.3) is 11.7 Å². The lowest BCUT2D eigenvalue weighted by atomic mass is 10.1. The Kier molecular flexibility index (Phi) is 3.84. The van der Waals surface area contributed by atoms with Gasteiger partial charge >= 0.3 is 6.03 Å². The number of carbonyl (C=O) groups excluding carboxylic acids is 2. The first-order valence-corrected chi connectivity index (χ1v) is 8.46. The lowest BCUT2D eigenvalue weighted by molar-refractivity contribution is -0.421. The van der Waals surface area contributed by atoms with Crippen molar-refractivity contribution in [2.75, 3.05) is 28.8 Å². The number of anilines is 3. The van der Waals surface area contributed by atoms with Gasteiger partial charge in [-0.3, -0.25) is 14.7 Å². The number of urea groups is 1. The number of imide groups is 1. The van der Waals surface area contributed by atoms with Crippen LogP contribution in [0.4, 0.5) is 21.9 Å². The van der Waals surface area contributed by atoms with Gasteiger partial charge in [0.2, 0.25) is 6.04 Å². The van der Waals surface area contributed by atoms with E-state index < -0.39 is 6.04 Å². The van der Waals surface area contributed by atoms with Crippen LogP contribution in [0.1, 0.15) is 6.92 Å². The molecule has 2 aliphatic heterocycles. The Morgan fingerprint density at radius 2 is 1.85 bits per heavy atom. The molecular formula is C19H19N4O3+. The quantitative estimate of drug-likeness (QED) is 0.808. The van der Waals surface area contributed by atoms with E-state index >= 15 is 0 Å². The molecule has 0 bridgehead atoms. The summed E-state index contributed by atoms with van der Waals surface area (Å²) in [6.07, 6.45) is 0. The van der Waals surface area contributed by atoms with Crippen LogP contribution in [0.2, 0.25) is 0 Å². The van der Waals surface area contributed by atoms with Gasteiger partial charge in [-0.15, -0.1) is 0 Å². The molecular weight excluding hydrogens is 332 g/mol. The van der Waals surface area contributed by atoms with Gasteiger partial charge in [-0.1, -0.05) is 12.1 Å². The Morgan fingerprint density at radius 1 is 1.12 bits per heavy atom. The first-order chi connectivity index (χ1) is 12.7. The smallest absolute Gasteiger partial charge is 0.337 e. The molecule has 0 radical (unpaired) electrons. The van der Waals surface area contributed by atoms with Crippen molar-refractivity contribution in [1.29, 1.82) is 0 Å².